The summed E-state index contributed by atoms with van der Waals surface area (Å²) in [4.78, 5) is 34.6. The van der Waals surface area contributed by atoms with Gasteiger partial charge in [0.2, 0.25) is 11.8 Å². The molecule has 2 aliphatic heterocycles. The average Bonchev–Trinajstić information content (AvgIpc) is 2.76. The number of aromatic hydroxyl groups is 1. The first kappa shape index (κ1) is 27.0. The van der Waals surface area contributed by atoms with Crippen LogP contribution in [0.3, 0.4) is 0 Å². The fraction of sp³-hybridized carbons (Fsp3) is 0.550. The van der Waals surface area contributed by atoms with Crippen molar-refractivity contribution in [1.29, 1.82) is 0 Å². The molecule has 1 aromatic carbocycles. The minimum atomic E-state index is -5.08. The molecule has 0 spiro atoms. The number of carbonyl (C=O) groups is 3. The molecular weight excluding hydrogens is 490 g/mol. The summed E-state index contributed by atoms with van der Waals surface area (Å²) in [6.45, 7) is 1.68. The number of likely N-dealkylation sites (tertiary alicyclic amines) is 1. The lowest BCUT2D eigenvalue weighted by atomic mass is 9.85. The van der Waals surface area contributed by atoms with Crippen LogP contribution in [0.2, 0.25) is 10.0 Å². The second-order valence-electron chi connectivity index (χ2n) is 7.86. The molecule has 1 aromatic rings. The zero-order valence-corrected chi connectivity index (χ0v) is 18.9. The number of hydrogen-bond donors (Lipinski definition) is 4. The van der Waals surface area contributed by atoms with Gasteiger partial charge in [-0.15, -0.1) is 0 Å². The SMILES string of the molecule is NC(c1cc(Cl)c(Cl)cc1O)C1CCN(C(=O)C2CCC(=O)NC2)CC1.O=C(O)C(F)(F)F. The highest BCUT2D eigenvalue weighted by molar-refractivity contribution is 6.42. The van der Waals surface area contributed by atoms with Crippen LogP contribution >= 0.6 is 23.2 Å². The predicted molar refractivity (Wildman–Crippen MR) is 114 cm³/mol. The van der Waals surface area contributed by atoms with Crippen molar-refractivity contribution >= 4 is 41.0 Å². The van der Waals surface area contributed by atoms with Crippen molar-refractivity contribution in [2.75, 3.05) is 19.6 Å². The molecule has 0 radical (unpaired) electrons. The monoisotopic (exact) mass is 513 g/mol. The number of aliphatic carboxylic acids is 1. The van der Waals surface area contributed by atoms with Crippen LogP contribution in [0.1, 0.15) is 37.3 Å². The summed E-state index contributed by atoms with van der Waals surface area (Å²) in [6, 6.07) is 2.66. The lowest BCUT2D eigenvalue weighted by molar-refractivity contribution is -0.192. The Hall–Kier alpha value is -2.24. The predicted octanol–water partition coefficient (Wildman–Crippen LogP) is 3.10. The first-order chi connectivity index (χ1) is 15.3. The van der Waals surface area contributed by atoms with E-state index in [1.807, 2.05) is 4.90 Å². The Kier molecular flexibility index (Phi) is 9.21. The maximum absolute atomic E-state index is 12.6. The van der Waals surface area contributed by atoms with Crippen LogP contribution in [0.15, 0.2) is 12.1 Å². The van der Waals surface area contributed by atoms with Gasteiger partial charge < -0.3 is 26.2 Å². The number of alkyl halides is 3. The van der Waals surface area contributed by atoms with Gasteiger partial charge in [-0.1, -0.05) is 23.2 Å². The third-order valence-electron chi connectivity index (χ3n) is 5.65. The number of nitrogens with zero attached hydrogens (tertiary/aromatic N) is 1. The number of carboxylic acid groups (broad SMARTS) is 1. The largest absolute Gasteiger partial charge is 0.508 e. The number of halogens is 5. The molecule has 13 heteroatoms. The van der Waals surface area contributed by atoms with E-state index in [-0.39, 0.29) is 35.4 Å². The molecule has 2 heterocycles. The Morgan fingerprint density at radius 2 is 1.70 bits per heavy atom. The third kappa shape index (κ3) is 7.38. The summed E-state index contributed by atoms with van der Waals surface area (Å²) in [5.41, 5.74) is 6.94. The van der Waals surface area contributed by atoms with Crippen molar-refractivity contribution in [2.24, 2.45) is 17.6 Å². The molecule has 33 heavy (non-hydrogen) atoms. The van der Waals surface area contributed by atoms with E-state index in [0.717, 1.165) is 12.8 Å². The Morgan fingerprint density at radius 1 is 1.15 bits per heavy atom. The Morgan fingerprint density at radius 3 is 2.18 bits per heavy atom. The normalized spacial score (nSPS) is 20.4. The highest BCUT2D eigenvalue weighted by Gasteiger charge is 2.38. The molecule has 0 bridgehead atoms. The minimum Gasteiger partial charge on any atom is -0.508 e. The van der Waals surface area contributed by atoms with Gasteiger partial charge in [-0.2, -0.15) is 13.2 Å². The van der Waals surface area contributed by atoms with E-state index in [1.165, 1.54) is 6.07 Å². The minimum absolute atomic E-state index is 0.0140. The van der Waals surface area contributed by atoms with E-state index in [9.17, 15) is 27.9 Å². The topological polar surface area (TPSA) is 133 Å². The number of phenolic OH excluding ortho intramolecular Hbond substituents is 1. The van der Waals surface area contributed by atoms with E-state index >= 15 is 0 Å². The lowest BCUT2D eigenvalue weighted by Crippen LogP contribution is -2.48. The number of nitrogens with one attached hydrogen (secondary N) is 1. The number of carboxylic acids is 1. The summed E-state index contributed by atoms with van der Waals surface area (Å²) in [7, 11) is 0. The maximum atomic E-state index is 12.6. The molecule has 2 atom stereocenters. The molecule has 2 unspecified atom stereocenters. The number of piperidine rings is 2. The molecule has 184 valence electrons. The van der Waals surface area contributed by atoms with Crippen LogP contribution in [-0.4, -0.2) is 58.7 Å². The maximum Gasteiger partial charge on any atom is 0.490 e. The quantitative estimate of drug-likeness (QED) is 0.490. The second kappa shape index (κ2) is 11.3. The number of amides is 2. The van der Waals surface area contributed by atoms with Gasteiger partial charge in [0.1, 0.15) is 5.75 Å². The molecule has 2 saturated heterocycles. The smallest absolute Gasteiger partial charge is 0.490 e. The van der Waals surface area contributed by atoms with Gasteiger partial charge in [0.15, 0.2) is 0 Å². The molecule has 2 aliphatic rings. The highest BCUT2D eigenvalue weighted by Crippen LogP contribution is 2.38. The number of hydrogen-bond acceptors (Lipinski definition) is 5. The first-order valence-electron chi connectivity index (χ1n) is 10.1. The molecule has 2 fully saturated rings. The van der Waals surface area contributed by atoms with Crippen molar-refractivity contribution in [3.05, 3.63) is 27.7 Å². The van der Waals surface area contributed by atoms with Crippen LogP contribution in [0, 0.1) is 11.8 Å². The summed E-state index contributed by atoms with van der Waals surface area (Å²) >= 11 is 12.0. The number of carbonyl (C=O) groups excluding carboxylic acids is 2. The van der Waals surface area contributed by atoms with Crippen LogP contribution in [-0.2, 0) is 14.4 Å². The van der Waals surface area contributed by atoms with Crippen LogP contribution in [0.25, 0.3) is 0 Å². The molecule has 5 N–H and O–H groups in total. The molecule has 0 aromatic heterocycles. The molecule has 2 amide bonds. The van der Waals surface area contributed by atoms with E-state index in [4.69, 9.17) is 38.8 Å². The molecule has 8 nitrogen and oxygen atoms in total. The fourth-order valence-corrected chi connectivity index (χ4v) is 4.08. The third-order valence-corrected chi connectivity index (χ3v) is 6.37. The van der Waals surface area contributed by atoms with Gasteiger partial charge in [0, 0.05) is 43.7 Å². The molecular formula is C20H24Cl2F3N3O5. The summed E-state index contributed by atoms with van der Waals surface area (Å²) in [6.07, 6.45) is -2.55. The van der Waals surface area contributed by atoms with Crippen molar-refractivity contribution < 1.29 is 37.8 Å². The van der Waals surface area contributed by atoms with Crippen molar-refractivity contribution in [3.63, 3.8) is 0 Å². The van der Waals surface area contributed by atoms with Gasteiger partial charge >= 0.3 is 12.1 Å². The Bertz CT molecular complexity index is 882. The van der Waals surface area contributed by atoms with Crippen molar-refractivity contribution in [2.45, 2.75) is 37.9 Å². The average molecular weight is 514 g/mol. The zero-order chi connectivity index (χ0) is 24.9. The van der Waals surface area contributed by atoms with E-state index in [2.05, 4.69) is 5.32 Å². The van der Waals surface area contributed by atoms with E-state index in [0.29, 0.717) is 48.1 Å². The zero-order valence-electron chi connectivity index (χ0n) is 17.4. The van der Waals surface area contributed by atoms with Gasteiger partial charge in [-0.05, 0) is 31.2 Å². The van der Waals surface area contributed by atoms with Crippen LogP contribution < -0.4 is 11.1 Å². The molecule has 0 saturated carbocycles. The summed E-state index contributed by atoms with van der Waals surface area (Å²) < 4.78 is 31.7. The van der Waals surface area contributed by atoms with Gasteiger partial charge in [0.05, 0.1) is 16.0 Å². The number of nitrogens with two attached hydrogens (primary N) is 1. The van der Waals surface area contributed by atoms with E-state index < -0.39 is 12.1 Å². The molecule has 0 aliphatic carbocycles. The number of rotatable bonds is 3. The van der Waals surface area contributed by atoms with Gasteiger partial charge in [-0.3, -0.25) is 9.59 Å². The summed E-state index contributed by atoms with van der Waals surface area (Å²) in [5.74, 6) is -2.57. The van der Waals surface area contributed by atoms with Gasteiger partial charge in [0.25, 0.3) is 0 Å². The van der Waals surface area contributed by atoms with Gasteiger partial charge in [-0.25, -0.2) is 4.79 Å². The van der Waals surface area contributed by atoms with Crippen molar-refractivity contribution in [3.8, 4) is 5.75 Å². The van der Waals surface area contributed by atoms with Crippen LogP contribution in [0.4, 0.5) is 13.2 Å². The molecule has 3 rings (SSSR count). The number of phenols is 1. The lowest BCUT2D eigenvalue weighted by Gasteiger charge is -2.37. The number of benzene rings is 1. The Labute approximate surface area is 197 Å². The second-order valence-corrected chi connectivity index (χ2v) is 8.67. The van der Waals surface area contributed by atoms with Crippen molar-refractivity contribution in [1.82, 2.24) is 10.2 Å². The van der Waals surface area contributed by atoms with E-state index in [1.54, 1.807) is 6.07 Å². The highest BCUT2D eigenvalue weighted by atomic mass is 35.5. The van der Waals surface area contributed by atoms with Crippen LogP contribution in [0.5, 0.6) is 5.75 Å². The standard InChI is InChI=1S/C18H23Cl2N3O3.C2HF3O2/c19-13-7-12(15(24)8-14(13)20)17(21)10-3-5-23(6-4-10)18(26)11-1-2-16(25)22-9-11;3-2(4,5)1(6)7/h7-8,10-11,17,24H,1-6,9,21H2,(H,22,25);(H,6,7). The first-order valence-corrected chi connectivity index (χ1v) is 10.9. The Balaban J connectivity index is 0.000000479. The fourth-order valence-electron chi connectivity index (χ4n) is 3.75. The summed E-state index contributed by atoms with van der Waals surface area (Å²) in [5, 5.41) is 20.7.